The summed E-state index contributed by atoms with van der Waals surface area (Å²) in [6, 6.07) is 16.4. The molecule has 18 heavy (non-hydrogen) atoms. The minimum absolute atomic E-state index is 0.0859. The molecule has 94 valence electrons. The van der Waals surface area contributed by atoms with E-state index in [0.717, 1.165) is 15.7 Å². The fraction of sp³-hybridized carbons (Fsp3) is 0.200. The quantitative estimate of drug-likeness (QED) is 0.891. The van der Waals surface area contributed by atoms with Gasteiger partial charge in [0.2, 0.25) is 0 Å². The summed E-state index contributed by atoms with van der Waals surface area (Å²) >= 11 is 3.43. The van der Waals surface area contributed by atoms with Gasteiger partial charge in [0.05, 0.1) is 6.61 Å². The van der Waals surface area contributed by atoms with E-state index in [9.17, 15) is 0 Å². The molecular formula is C15H16BrNO. The highest BCUT2D eigenvalue weighted by Gasteiger charge is 2.04. The largest absolute Gasteiger partial charge is 0.392 e. The lowest BCUT2D eigenvalue weighted by atomic mass is 10.1. The first-order chi connectivity index (χ1) is 8.69. The van der Waals surface area contributed by atoms with E-state index in [1.165, 1.54) is 5.56 Å². The van der Waals surface area contributed by atoms with Gasteiger partial charge in [-0.3, -0.25) is 0 Å². The van der Waals surface area contributed by atoms with Gasteiger partial charge in [0.15, 0.2) is 0 Å². The van der Waals surface area contributed by atoms with Crippen molar-refractivity contribution >= 4 is 21.6 Å². The molecule has 0 radical (unpaired) electrons. The highest BCUT2D eigenvalue weighted by molar-refractivity contribution is 9.10. The highest BCUT2D eigenvalue weighted by atomic mass is 79.9. The lowest BCUT2D eigenvalue weighted by molar-refractivity contribution is 0.282. The molecule has 0 saturated heterocycles. The van der Waals surface area contributed by atoms with Gasteiger partial charge in [0.25, 0.3) is 0 Å². The predicted octanol–water partition coefficient (Wildman–Crippen LogP) is 4.11. The van der Waals surface area contributed by atoms with Crippen LogP contribution in [0.4, 0.5) is 5.69 Å². The number of rotatable bonds is 4. The van der Waals surface area contributed by atoms with Crippen LogP contribution < -0.4 is 5.32 Å². The van der Waals surface area contributed by atoms with Crippen molar-refractivity contribution in [1.82, 2.24) is 0 Å². The standard InChI is InChI=1S/C15H16BrNO/c1-11(13-4-6-14(16)7-5-13)17-15-8-2-12(10-18)3-9-15/h2-9,11,17-18H,10H2,1H3. The van der Waals surface area contributed by atoms with Gasteiger partial charge in [0, 0.05) is 16.2 Å². The average molecular weight is 306 g/mol. The summed E-state index contributed by atoms with van der Waals surface area (Å²) in [6.45, 7) is 2.21. The number of anilines is 1. The van der Waals surface area contributed by atoms with Gasteiger partial charge >= 0.3 is 0 Å². The van der Waals surface area contributed by atoms with Gasteiger partial charge in [-0.2, -0.15) is 0 Å². The molecule has 0 saturated carbocycles. The number of hydrogen-bond acceptors (Lipinski definition) is 2. The minimum Gasteiger partial charge on any atom is -0.392 e. The smallest absolute Gasteiger partial charge is 0.0681 e. The molecule has 2 rings (SSSR count). The highest BCUT2D eigenvalue weighted by Crippen LogP contribution is 2.21. The van der Waals surface area contributed by atoms with Crippen molar-refractivity contribution in [2.75, 3.05) is 5.32 Å². The van der Waals surface area contributed by atoms with Crippen LogP contribution in [0.5, 0.6) is 0 Å². The molecule has 0 heterocycles. The van der Waals surface area contributed by atoms with Gasteiger partial charge in [0.1, 0.15) is 0 Å². The Morgan fingerprint density at radius 2 is 1.67 bits per heavy atom. The molecule has 0 spiro atoms. The number of aliphatic hydroxyl groups excluding tert-OH is 1. The molecule has 1 unspecified atom stereocenters. The maximum Gasteiger partial charge on any atom is 0.0681 e. The molecule has 0 aliphatic heterocycles. The van der Waals surface area contributed by atoms with Crippen LogP contribution in [0.2, 0.25) is 0 Å². The Balaban J connectivity index is 2.05. The van der Waals surface area contributed by atoms with Crippen molar-refractivity contribution in [3.05, 3.63) is 64.1 Å². The molecule has 2 aromatic rings. The third-order valence-corrected chi connectivity index (χ3v) is 3.42. The Bertz CT molecular complexity index is 493. The van der Waals surface area contributed by atoms with Crippen molar-refractivity contribution in [1.29, 1.82) is 0 Å². The van der Waals surface area contributed by atoms with E-state index in [1.807, 2.05) is 36.4 Å². The third-order valence-electron chi connectivity index (χ3n) is 2.89. The zero-order valence-electron chi connectivity index (χ0n) is 10.2. The Labute approximate surface area is 116 Å². The first kappa shape index (κ1) is 13.1. The fourth-order valence-corrected chi connectivity index (χ4v) is 2.06. The van der Waals surface area contributed by atoms with Crippen LogP contribution in [0, 0.1) is 0 Å². The van der Waals surface area contributed by atoms with Crippen LogP contribution in [0.1, 0.15) is 24.1 Å². The zero-order valence-corrected chi connectivity index (χ0v) is 11.8. The molecule has 0 amide bonds. The fourth-order valence-electron chi connectivity index (χ4n) is 1.79. The number of aliphatic hydroxyl groups is 1. The Kier molecular flexibility index (Phi) is 4.39. The van der Waals surface area contributed by atoms with E-state index in [0.29, 0.717) is 0 Å². The molecule has 0 aliphatic carbocycles. The normalized spacial score (nSPS) is 12.2. The monoisotopic (exact) mass is 305 g/mol. The summed E-state index contributed by atoms with van der Waals surface area (Å²) in [5.41, 5.74) is 3.23. The Morgan fingerprint density at radius 3 is 2.22 bits per heavy atom. The van der Waals surface area contributed by atoms with Crippen LogP contribution in [0.25, 0.3) is 0 Å². The Hall–Kier alpha value is -1.32. The van der Waals surface area contributed by atoms with Crippen molar-refractivity contribution in [2.24, 2.45) is 0 Å². The van der Waals surface area contributed by atoms with E-state index in [1.54, 1.807) is 0 Å². The van der Waals surface area contributed by atoms with E-state index in [4.69, 9.17) is 5.11 Å². The molecular weight excluding hydrogens is 290 g/mol. The van der Waals surface area contributed by atoms with E-state index >= 15 is 0 Å². The van der Waals surface area contributed by atoms with Crippen molar-refractivity contribution in [2.45, 2.75) is 19.6 Å². The molecule has 2 N–H and O–H groups in total. The van der Waals surface area contributed by atoms with Crippen LogP contribution >= 0.6 is 15.9 Å². The summed E-state index contributed by atoms with van der Waals surface area (Å²) in [7, 11) is 0. The van der Waals surface area contributed by atoms with Gasteiger partial charge < -0.3 is 10.4 Å². The predicted molar refractivity (Wildman–Crippen MR) is 78.5 cm³/mol. The maximum atomic E-state index is 8.99. The molecule has 1 atom stereocenters. The zero-order chi connectivity index (χ0) is 13.0. The number of hydrogen-bond donors (Lipinski definition) is 2. The number of nitrogens with one attached hydrogen (secondary N) is 1. The molecule has 0 aliphatic rings. The van der Waals surface area contributed by atoms with Crippen LogP contribution in [0.15, 0.2) is 53.0 Å². The topological polar surface area (TPSA) is 32.3 Å². The second-order valence-corrected chi connectivity index (χ2v) is 5.19. The second-order valence-electron chi connectivity index (χ2n) is 4.27. The van der Waals surface area contributed by atoms with E-state index < -0.39 is 0 Å². The second kappa shape index (κ2) is 6.03. The molecule has 0 bridgehead atoms. The van der Waals surface area contributed by atoms with Crippen LogP contribution in [0.3, 0.4) is 0 Å². The minimum atomic E-state index is 0.0859. The average Bonchev–Trinajstić information content (AvgIpc) is 2.40. The third kappa shape index (κ3) is 3.34. The van der Waals surface area contributed by atoms with E-state index in [-0.39, 0.29) is 12.6 Å². The van der Waals surface area contributed by atoms with Gasteiger partial charge in [-0.15, -0.1) is 0 Å². The summed E-state index contributed by atoms with van der Waals surface area (Å²) in [4.78, 5) is 0. The van der Waals surface area contributed by atoms with Crippen LogP contribution in [-0.2, 0) is 6.61 Å². The summed E-state index contributed by atoms with van der Waals surface area (Å²) in [6.07, 6.45) is 0. The lowest BCUT2D eigenvalue weighted by Crippen LogP contribution is -2.06. The van der Waals surface area contributed by atoms with E-state index in [2.05, 4.69) is 40.3 Å². The molecule has 0 aromatic heterocycles. The molecule has 2 aromatic carbocycles. The number of halogens is 1. The lowest BCUT2D eigenvalue weighted by Gasteiger charge is -2.16. The molecule has 0 fully saturated rings. The first-order valence-electron chi connectivity index (χ1n) is 5.91. The maximum absolute atomic E-state index is 8.99. The van der Waals surface area contributed by atoms with Crippen molar-refractivity contribution in [3.8, 4) is 0 Å². The molecule has 3 heteroatoms. The summed E-state index contributed by atoms with van der Waals surface area (Å²) in [5, 5.41) is 12.4. The first-order valence-corrected chi connectivity index (χ1v) is 6.70. The van der Waals surface area contributed by atoms with Crippen molar-refractivity contribution < 1.29 is 5.11 Å². The Morgan fingerprint density at radius 1 is 1.06 bits per heavy atom. The summed E-state index contributed by atoms with van der Waals surface area (Å²) < 4.78 is 1.09. The van der Waals surface area contributed by atoms with Gasteiger partial charge in [-0.25, -0.2) is 0 Å². The summed E-state index contributed by atoms with van der Waals surface area (Å²) in [5.74, 6) is 0. The van der Waals surface area contributed by atoms with Crippen LogP contribution in [-0.4, -0.2) is 5.11 Å². The van der Waals surface area contributed by atoms with Gasteiger partial charge in [-0.05, 0) is 42.3 Å². The molecule has 2 nitrogen and oxygen atoms in total. The number of benzene rings is 2. The van der Waals surface area contributed by atoms with Crippen molar-refractivity contribution in [3.63, 3.8) is 0 Å². The van der Waals surface area contributed by atoms with Gasteiger partial charge in [-0.1, -0.05) is 40.2 Å². The SMILES string of the molecule is CC(Nc1ccc(CO)cc1)c1ccc(Br)cc1.